The van der Waals surface area contributed by atoms with Crippen LogP contribution in [0.3, 0.4) is 0 Å². The van der Waals surface area contributed by atoms with E-state index < -0.39 is 16.1 Å². The van der Waals surface area contributed by atoms with Gasteiger partial charge in [0.1, 0.15) is 0 Å². The minimum absolute atomic E-state index is 0.0540. The number of aliphatic hydroxyl groups excluding tert-OH is 1. The third-order valence-corrected chi connectivity index (χ3v) is 2.79. The van der Waals surface area contributed by atoms with Gasteiger partial charge in [0.2, 0.25) is 22.8 Å². The van der Waals surface area contributed by atoms with Gasteiger partial charge in [0.25, 0.3) is 5.17 Å². The molecule has 0 radical (unpaired) electrons. The molecule has 0 unspecified atom stereocenters. The molecule has 1 heterocycles. The first-order chi connectivity index (χ1) is 9.45. The lowest BCUT2D eigenvalue weighted by molar-refractivity contribution is 0.530. The monoisotopic (exact) mass is 314 g/mol. The van der Waals surface area contributed by atoms with Gasteiger partial charge in [0, 0.05) is 11.4 Å². The lowest BCUT2D eigenvalue weighted by Gasteiger charge is -2.03. The third kappa shape index (κ3) is 3.33. The Morgan fingerprint density at radius 2 is 1.90 bits per heavy atom. The summed E-state index contributed by atoms with van der Waals surface area (Å²) in [6.07, 6.45) is 0. The number of nitrogens with zero attached hydrogens (tertiary/aromatic N) is 3. The molecule has 0 saturated heterocycles. The fourth-order valence-corrected chi connectivity index (χ4v) is 1.87. The van der Waals surface area contributed by atoms with E-state index >= 15 is 0 Å². The second-order valence-electron chi connectivity index (χ2n) is 3.56. The van der Waals surface area contributed by atoms with Crippen LogP contribution in [0.4, 0.5) is 23.3 Å². The summed E-state index contributed by atoms with van der Waals surface area (Å²) in [4.78, 5) is 3.86. The van der Waals surface area contributed by atoms with Crippen molar-refractivity contribution in [3.05, 3.63) is 24.3 Å². The lowest BCUT2D eigenvalue weighted by atomic mass is 10.3. The second kappa shape index (κ2) is 5.71. The van der Waals surface area contributed by atoms with Crippen molar-refractivity contribution in [1.82, 2.24) is 14.8 Å². The quantitative estimate of drug-likeness (QED) is 0.400. The number of anilines is 4. The van der Waals surface area contributed by atoms with Gasteiger partial charge in [-0.3, -0.25) is 4.72 Å². The molecule has 0 bridgehead atoms. The van der Waals surface area contributed by atoms with Gasteiger partial charge in [-0.1, -0.05) is 0 Å². The van der Waals surface area contributed by atoms with E-state index in [1.807, 2.05) is 0 Å². The number of thiol groups is 1. The fourth-order valence-electron chi connectivity index (χ4n) is 1.38. The molecule has 2 rings (SSSR count). The molecule has 20 heavy (non-hydrogen) atoms. The van der Waals surface area contributed by atoms with E-state index in [2.05, 4.69) is 32.3 Å². The molecule has 0 aliphatic heterocycles. The van der Waals surface area contributed by atoms with E-state index in [4.69, 9.17) is 10.8 Å². The molecule has 1 aromatic heterocycles. The average molecular weight is 314 g/mol. The summed E-state index contributed by atoms with van der Waals surface area (Å²) < 4.78 is 24.1. The molecular weight excluding hydrogens is 304 g/mol. The molecular formula is C9H10N6O3S2. The van der Waals surface area contributed by atoms with Crippen LogP contribution in [-0.4, -0.2) is 33.5 Å². The third-order valence-electron chi connectivity index (χ3n) is 2.17. The molecule has 1 aromatic carbocycles. The summed E-state index contributed by atoms with van der Waals surface area (Å²) in [6.45, 7) is 0. The van der Waals surface area contributed by atoms with Crippen LogP contribution in [0.5, 0.6) is 0 Å². The van der Waals surface area contributed by atoms with Crippen LogP contribution >= 0.6 is 12.2 Å². The highest BCUT2D eigenvalue weighted by Gasteiger charge is 2.09. The summed E-state index contributed by atoms with van der Waals surface area (Å²) in [5.74, 6) is 0.0937. The number of nitrogens with two attached hydrogens (primary N) is 1. The molecule has 0 fully saturated rings. The van der Waals surface area contributed by atoms with Crippen molar-refractivity contribution in [2.45, 2.75) is 0 Å². The van der Waals surface area contributed by atoms with Gasteiger partial charge in [0.15, 0.2) is 0 Å². The highest BCUT2D eigenvalue weighted by molar-refractivity contribution is 7.80. The molecule has 106 valence electrons. The lowest BCUT2D eigenvalue weighted by Crippen LogP contribution is -2.12. The number of rotatable bonds is 4. The molecule has 2 aromatic rings. The first-order valence-electron chi connectivity index (χ1n) is 5.19. The molecule has 0 saturated carbocycles. The number of benzene rings is 1. The fraction of sp³-hybridized carbons (Fsp3) is 0. The van der Waals surface area contributed by atoms with E-state index in [1.54, 1.807) is 24.3 Å². The molecule has 0 spiro atoms. The van der Waals surface area contributed by atoms with Crippen LogP contribution in [0.1, 0.15) is 0 Å². The van der Waals surface area contributed by atoms with Crippen LogP contribution in [0.2, 0.25) is 0 Å². The number of aliphatic hydroxyl groups is 1. The number of hydrogen-bond donors (Lipinski definition) is 5. The maximum Gasteiger partial charge on any atom is 0.285 e. The second-order valence-corrected chi connectivity index (χ2v) is 4.66. The first kappa shape index (κ1) is 14.0. The van der Waals surface area contributed by atoms with Gasteiger partial charge in [-0.25, -0.2) is 8.42 Å². The topological polar surface area (TPSA) is 135 Å². The zero-order chi connectivity index (χ0) is 14.7. The van der Waals surface area contributed by atoms with Crippen molar-refractivity contribution in [3.8, 4) is 0 Å². The molecule has 0 aliphatic rings. The normalized spacial score (nSPS) is 10.4. The van der Waals surface area contributed by atoms with Crippen LogP contribution < -0.4 is 15.8 Å². The van der Waals surface area contributed by atoms with Gasteiger partial charge in [-0.05, 0) is 36.5 Å². The Hall–Kier alpha value is -2.40. The largest absolute Gasteiger partial charge is 0.485 e. The molecule has 5 N–H and O–H groups in total. The van der Waals surface area contributed by atoms with E-state index in [0.717, 1.165) is 4.68 Å². The van der Waals surface area contributed by atoms with Crippen molar-refractivity contribution >= 4 is 51.6 Å². The Balaban J connectivity index is 2.14. The smallest absolute Gasteiger partial charge is 0.285 e. The number of hydrogen-bond acceptors (Lipinski definition) is 7. The zero-order valence-electron chi connectivity index (χ0n) is 9.85. The van der Waals surface area contributed by atoms with Crippen molar-refractivity contribution < 1.29 is 13.5 Å². The van der Waals surface area contributed by atoms with Gasteiger partial charge in [-0.15, -0.1) is 5.10 Å². The maximum absolute atomic E-state index is 10.5. The van der Waals surface area contributed by atoms with Crippen molar-refractivity contribution in [3.63, 3.8) is 0 Å². The Labute approximate surface area is 120 Å². The van der Waals surface area contributed by atoms with Crippen LogP contribution in [-0.2, 0) is 10.9 Å². The number of nitrogen functional groups attached to an aromatic ring is 1. The van der Waals surface area contributed by atoms with Crippen LogP contribution in [0.25, 0.3) is 0 Å². The minimum Gasteiger partial charge on any atom is -0.485 e. The molecule has 9 nitrogen and oxygen atoms in total. The van der Waals surface area contributed by atoms with Crippen molar-refractivity contribution in [2.75, 3.05) is 15.8 Å². The highest BCUT2D eigenvalue weighted by Crippen LogP contribution is 2.17. The summed E-state index contributed by atoms with van der Waals surface area (Å²) in [6, 6.07) is 6.36. The molecule has 0 atom stereocenters. The zero-order valence-corrected chi connectivity index (χ0v) is 11.6. The van der Waals surface area contributed by atoms with E-state index in [-0.39, 0.29) is 11.9 Å². The number of aromatic nitrogens is 3. The Kier molecular flexibility index (Phi) is 4.00. The predicted octanol–water partition coefficient (Wildman–Crippen LogP) is 0.233. The van der Waals surface area contributed by atoms with Crippen molar-refractivity contribution in [1.29, 1.82) is 0 Å². The molecule has 0 amide bonds. The standard InChI is InChI=1S/C9H10N6O3S2/c10-7-12-8(13-15(7)9(16)19)11-5-1-3-6(4-2-5)14-20(17)18/h1-4,20H,(H,16,19)(H,14,17,18)(H3,10,11,12,13). The maximum atomic E-state index is 10.5. The summed E-state index contributed by atoms with van der Waals surface area (Å²) in [7, 11) is -2.70. The van der Waals surface area contributed by atoms with Gasteiger partial charge in [0.05, 0.1) is 0 Å². The Morgan fingerprint density at radius 1 is 1.30 bits per heavy atom. The van der Waals surface area contributed by atoms with E-state index in [1.165, 1.54) is 0 Å². The van der Waals surface area contributed by atoms with E-state index in [0.29, 0.717) is 11.4 Å². The van der Waals surface area contributed by atoms with Crippen LogP contribution in [0.15, 0.2) is 24.3 Å². The number of thiocarbonyl (C=S) groups is 1. The summed E-state index contributed by atoms with van der Waals surface area (Å²) in [5, 5.41) is 15.3. The first-order valence-corrected chi connectivity index (χ1v) is 6.78. The molecule has 0 aliphatic carbocycles. The summed E-state index contributed by atoms with van der Waals surface area (Å²) in [5.41, 5.74) is 6.54. The number of nitrogens with one attached hydrogen (secondary N) is 2. The van der Waals surface area contributed by atoms with Crippen molar-refractivity contribution in [2.24, 2.45) is 0 Å². The molecule has 11 heteroatoms. The minimum atomic E-state index is -2.70. The summed E-state index contributed by atoms with van der Waals surface area (Å²) >= 11 is 4.53. The Morgan fingerprint density at radius 3 is 2.40 bits per heavy atom. The Bertz CT molecular complexity index is 701. The van der Waals surface area contributed by atoms with Gasteiger partial charge < -0.3 is 16.2 Å². The van der Waals surface area contributed by atoms with Gasteiger partial charge in [-0.2, -0.15) is 9.67 Å². The average Bonchev–Trinajstić information content (AvgIpc) is 2.72. The van der Waals surface area contributed by atoms with E-state index in [9.17, 15) is 8.42 Å². The highest BCUT2D eigenvalue weighted by atomic mass is 32.2. The van der Waals surface area contributed by atoms with Gasteiger partial charge >= 0.3 is 0 Å². The van der Waals surface area contributed by atoms with Crippen LogP contribution in [0, 0.1) is 0 Å². The predicted molar refractivity (Wildman–Crippen MR) is 78.7 cm³/mol. The SMILES string of the molecule is Nc1nc(Nc2ccc(N[SH](=O)=O)cc2)nn1C(O)=S.